The number of hydrogen-bond acceptors (Lipinski definition) is 12. The minimum atomic E-state index is -1.30. The van der Waals surface area contributed by atoms with Crippen molar-refractivity contribution < 1.29 is 48.6 Å². The molecule has 7 amide bonds. The molecule has 0 radical (unpaired) electrons. The summed E-state index contributed by atoms with van der Waals surface area (Å²) in [4.78, 5) is 125. The molecule has 23 heteroatoms. The van der Waals surface area contributed by atoms with Crippen molar-refractivity contribution in [2.75, 3.05) is 33.7 Å². The van der Waals surface area contributed by atoms with E-state index in [2.05, 4.69) is 46.9 Å². The standard InChI is InChI=1S/C51H75N13O10/c1-7-31(4)43(47(70)59-37(26-34-27-55-29-57-34)48(71)64-23-12-11-17-39(64)45(68)60-38(50(73)74)24-32-14-9-8-10-15-32)62-46(69)40(25-33-18-20-35(65)21-19-33)63(6)49(72)42(30(2)3)61-44(67)36(58-41(66)28-54-5)16-13-22-56-51(52)53/h8-10,14-15,18-21,27,29-31,36-40,42-43,54,65H,7,11-13,16-17,22-26,28H2,1-6H3,(H,55,57)(H,58,66)(H,59,70)(H,60,68)(H,61,67)(H,62,69)(H,73,74)(H4,52,53,56)/t31-,36-,37-,38-,39-,40-,42-,43-/m0/s1. The number of rotatable bonds is 28. The number of phenols is 1. The number of carbonyl (C=O) groups excluding carboxylic acids is 7. The molecule has 2 heterocycles. The number of nitrogens with two attached hydrogens (primary N) is 2. The zero-order chi connectivity index (χ0) is 54.5. The number of hydrogen-bond donors (Lipinski definition) is 11. The fourth-order valence-electron chi connectivity index (χ4n) is 8.59. The summed E-state index contributed by atoms with van der Waals surface area (Å²) in [5.74, 6) is -6.97. The third-order valence-corrected chi connectivity index (χ3v) is 13.0. The third-order valence-electron chi connectivity index (χ3n) is 13.0. The van der Waals surface area contributed by atoms with E-state index in [1.54, 1.807) is 70.3 Å². The van der Waals surface area contributed by atoms with Crippen LogP contribution in [0.5, 0.6) is 5.75 Å². The highest BCUT2D eigenvalue weighted by molar-refractivity contribution is 5.98. The quantitative estimate of drug-likeness (QED) is 0.0256. The van der Waals surface area contributed by atoms with Crippen LogP contribution in [0.25, 0.3) is 0 Å². The van der Waals surface area contributed by atoms with Crippen LogP contribution in [0, 0.1) is 11.8 Å². The second kappa shape index (κ2) is 29.2. The maximum absolute atomic E-state index is 14.8. The minimum absolute atomic E-state index is 0.0147. The van der Waals surface area contributed by atoms with Crippen LogP contribution in [0.4, 0.5) is 0 Å². The summed E-state index contributed by atoms with van der Waals surface area (Å²) in [6, 6.07) is 6.39. The number of phenolic OH excluding ortho intramolecular Hbond substituents is 1. The lowest BCUT2D eigenvalue weighted by Gasteiger charge is -2.38. The Balaban J connectivity index is 1.63. The second-order valence-corrected chi connectivity index (χ2v) is 19.0. The van der Waals surface area contributed by atoms with Gasteiger partial charge in [0.1, 0.15) is 48.0 Å². The first-order chi connectivity index (χ1) is 35.2. The summed E-state index contributed by atoms with van der Waals surface area (Å²) < 4.78 is 0. The van der Waals surface area contributed by atoms with Crippen LogP contribution >= 0.6 is 0 Å². The number of aromatic nitrogens is 2. The van der Waals surface area contributed by atoms with E-state index in [9.17, 15) is 48.6 Å². The lowest BCUT2D eigenvalue weighted by Crippen LogP contribution is -2.63. The maximum Gasteiger partial charge on any atom is 0.326 e. The second-order valence-electron chi connectivity index (χ2n) is 19.0. The van der Waals surface area contributed by atoms with Crippen LogP contribution in [0.1, 0.15) is 83.0 Å². The summed E-state index contributed by atoms with van der Waals surface area (Å²) in [6.07, 6.45) is 4.95. The topological polar surface area (TPSA) is 349 Å². The number of nitrogens with zero attached hydrogens (tertiary/aromatic N) is 4. The highest BCUT2D eigenvalue weighted by atomic mass is 16.4. The molecule has 0 aliphatic carbocycles. The van der Waals surface area contributed by atoms with Gasteiger partial charge >= 0.3 is 5.97 Å². The van der Waals surface area contributed by atoms with Crippen molar-refractivity contribution in [1.29, 1.82) is 0 Å². The number of amides is 7. The third kappa shape index (κ3) is 17.9. The predicted molar refractivity (Wildman–Crippen MR) is 276 cm³/mol. The summed E-state index contributed by atoms with van der Waals surface area (Å²) in [5, 5.41) is 36.7. The summed E-state index contributed by atoms with van der Waals surface area (Å²) in [6.45, 7) is 7.23. The van der Waals surface area contributed by atoms with Crippen molar-refractivity contribution >= 4 is 53.3 Å². The van der Waals surface area contributed by atoms with E-state index in [-0.39, 0.29) is 63.4 Å². The van der Waals surface area contributed by atoms with Gasteiger partial charge in [-0.15, -0.1) is 0 Å². The molecule has 4 rings (SSSR count). The van der Waals surface area contributed by atoms with Crippen molar-refractivity contribution in [3.05, 3.63) is 83.9 Å². The summed E-state index contributed by atoms with van der Waals surface area (Å²) in [7, 11) is 2.98. The van der Waals surface area contributed by atoms with E-state index >= 15 is 0 Å². The Morgan fingerprint density at radius 3 is 2.11 bits per heavy atom. The lowest BCUT2D eigenvalue weighted by molar-refractivity contribution is -0.147. The molecule has 0 bridgehead atoms. The van der Waals surface area contributed by atoms with Gasteiger partial charge in [-0.1, -0.05) is 76.6 Å². The maximum atomic E-state index is 14.8. The van der Waals surface area contributed by atoms with Crippen molar-refractivity contribution in [3.63, 3.8) is 0 Å². The van der Waals surface area contributed by atoms with Crippen LogP contribution in [-0.2, 0) is 57.6 Å². The highest BCUT2D eigenvalue weighted by Crippen LogP contribution is 2.22. The first-order valence-corrected chi connectivity index (χ1v) is 25.0. The van der Waals surface area contributed by atoms with E-state index in [1.165, 1.54) is 41.5 Å². The number of H-pyrrole nitrogens is 1. The molecule has 1 fully saturated rings. The number of carboxylic acids is 1. The van der Waals surface area contributed by atoms with E-state index in [1.807, 2.05) is 6.92 Å². The number of aromatic hydroxyl groups is 1. The van der Waals surface area contributed by atoms with Crippen LogP contribution in [0.2, 0.25) is 0 Å². The summed E-state index contributed by atoms with van der Waals surface area (Å²) in [5.41, 5.74) is 12.7. The number of nitrogens with one attached hydrogen (secondary N) is 7. The fraction of sp³-hybridized carbons (Fsp3) is 0.529. The number of likely N-dealkylation sites (N-methyl/N-ethyl adjacent to an activating group) is 2. The molecular weight excluding hydrogens is 955 g/mol. The zero-order valence-corrected chi connectivity index (χ0v) is 43.1. The molecule has 2 aromatic carbocycles. The Morgan fingerprint density at radius 1 is 0.824 bits per heavy atom. The average molecular weight is 1030 g/mol. The van der Waals surface area contributed by atoms with Crippen molar-refractivity contribution in [3.8, 4) is 5.75 Å². The molecule has 0 saturated carbocycles. The van der Waals surface area contributed by atoms with Crippen LogP contribution < -0.4 is 43.4 Å². The first-order valence-electron chi connectivity index (χ1n) is 25.0. The number of carbonyl (C=O) groups is 8. The van der Waals surface area contributed by atoms with Gasteiger partial charge in [-0.25, -0.2) is 9.78 Å². The average Bonchev–Trinajstić information content (AvgIpc) is 3.89. The predicted octanol–water partition coefficient (Wildman–Crippen LogP) is -0.165. The van der Waals surface area contributed by atoms with Crippen LogP contribution in [-0.4, -0.2) is 159 Å². The van der Waals surface area contributed by atoms with Gasteiger partial charge in [0.15, 0.2) is 5.96 Å². The first kappa shape index (κ1) is 59.0. The molecule has 0 spiro atoms. The largest absolute Gasteiger partial charge is 0.508 e. The molecule has 1 saturated heterocycles. The number of piperidine rings is 1. The number of imidazole rings is 1. The van der Waals surface area contributed by atoms with Crippen LogP contribution in [0.3, 0.4) is 0 Å². The number of guanidine groups is 1. The highest BCUT2D eigenvalue weighted by Gasteiger charge is 2.41. The number of aromatic amines is 1. The van der Waals surface area contributed by atoms with Gasteiger partial charge in [-0.2, -0.15) is 0 Å². The molecule has 1 aliphatic heterocycles. The number of carboxylic acid groups (broad SMARTS) is 1. The van der Waals surface area contributed by atoms with Crippen molar-refractivity contribution in [2.45, 2.75) is 128 Å². The van der Waals surface area contributed by atoms with Crippen LogP contribution in [0.15, 0.2) is 72.1 Å². The van der Waals surface area contributed by atoms with Gasteiger partial charge in [0.25, 0.3) is 0 Å². The molecule has 8 atom stereocenters. The fourth-order valence-corrected chi connectivity index (χ4v) is 8.59. The smallest absolute Gasteiger partial charge is 0.326 e. The van der Waals surface area contributed by atoms with Gasteiger partial charge in [-0.05, 0) is 74.2 Å². The lowest BCUT2D eigenvalue weighted by atomic mass is 9.95. The molecule has 23 nitrogen and oxygen atoms in total. The van der Waals surface area contributed by atoms with Gasteiger partial charge in [0.05, 0.1) is 12.9 Å². The monoisotopic (exact) mass is 1030 g/mol. The van der Waals surface area contributed by atoms with Gasteiger partial charge in [0.2, 0.25) is 41.4 Å². The van der Waals surface area contributed by atoms with Crippen molar-refractivity contribution in [1.82, 2.24) is 51.7 Å². The molecule has 74 heavy (non-hydrogen) atoms. The molecule has 13 N–H and O–H groups in total. The Morgan fingerprint density at radius 2 is 1.50 bits per heavy atom. The van der Waals surface area contributed by atoms with Gasteiger partial charge < -0.3 is 68.4 Å². The number of likely N-dealkylation sites (tertiary alicyclic amines) is 1. The Hall–Kier alpha value is -7.56. The Bertz CT molecular complexity index is 2360. The van der Waals surface area contributed by atoms with Gasteiger partial charge in [-0.3, -0.25) is 38.6 Å². The number of aliphatic imine (C=N–C) groups is 1. The molecule has 1 aliphatic rings. The number of benzene rings is 2. The number of aliphatic carboxylic acids is 1. The molecule has 0 unspecified atom stereocenters. The van der Waals surface area contributed by atoms with E-state index in [0.717, 1.165) is 0 Å². The Kier molecular flexibility index (Phi) is 23.3. The zero-order valence-electron chi connectivity index (χ0n) is 43.1. The molecule has 3 aromatic rings. The minimum Gasteiger partial charge on any atom is -0.508 e. The SMILES string of the molecule is CC[C@H](C)[C@H](NC(=O)[C@H](Cc1ccc(O)cc1)N(C)C(=O)[C@@H](NC(=O)[C@H](CCCN=C(N)N)NC(=O)CNC)C(C)C)C(=O)N[C@@H](Cc1cnc[nH]1)C(=O)N1CCCC[C@H]1C(=O)N[C@@H](Cc1ccccc1)C(=O)O. The van der Waals surface area contributed by atoms with E-state index in [4.69, 9.17) is 11.5 Å². The van der Waals surface area contributed by atoms with Gasteiger partial charge in [0, 0.05) is 51.3 Å². The normalized spacial score (nSPS) is 16.2. The van der Waals surface area contributed by atoms with Crippen molar-refractivity contribution in [2.24, 2.45) is 28.3 Å². The van der Waals surface area contributed by atoms with E-state index in [0.29, 0.717) is 42.5 Å². The van der Waals surface area contributed by atoms with E-state index < -0.39 is 101 Å². The molecule has 404 valence electrons. The molecule has 1 aromatic heterocycles. The summed E-state index contributed by atoms with van der Waals surface area (Å²) >= 11 is 0. The Labute approximate surface area is 431 Å². The molecular formula is C51H75N13O10.